The molecule has 0 heterocycles. The van der Waals surface area contributed by atoms with Crippen LogP contribution in [0.15, 0.2) is 48.5 Å². The molecule has 0 saturated heterocycles. The van der Waals surface area contributed by atoms with Gasteiger partial charge in [0.1, 0.15) is 0 Å². The van der Waals surface area contributed by atoms with Crippen LogP contribution in [-0.2, 0) is 19.7 Å². The standard InChI is InChI=1S/C25H26F4O7STe/c26-24(27,25(28,29)37(32,33)34)15-14-23(31)36-19-8-12-21(13-9-19)38-20-10-6-18(7-11-20)35-16-22(30)17-4-2-1-3-5-17/h6-13,17H,1-5,14-16H2,(H,32,33,34)/p-1. The maximum absolute atomic E-state index is 13.5. The van der Waals surface area contributed by atoms with Gasteiger partial charge in [-0.2, -0.15) is 0 Å². The summed E-state index contributed by atoms with van der Waals surface area (Å²) in [7, 11) is -6.61. The van der Waals surface area contributed by atoms with Crippen molar-refractivity contribution in [3.63, 3.8) is 0 Å². The Hall–Kier alpha value is -2.20. The fourth-order valence-corrected chi connectivity index (χ4v) is 6.58. The van der Waals surface area contributed by atoms with Crippen molar-refractivity contribution in [3.8, 4) is 11.5 Å². The Morgan fingerprint density at radius 2 is 1.42 bits per heavy atom. The van der Waals surface area contributed by atoms with Crippen molar-refractivity contribution in [3.05, 3.63) is 48.5 Å². The van der Waals surface area contributed by atoms with Gasteiger partial charge in [0, 0.05) is 0 Å². The zero-order chi connectivity index (χ0) is 28.0. The van der Waals surface area contributed by atoms with Gasteiger partial charge in [0.25, 0.3) is 0 Å². The molecule has 0 amide bonds. The summed E-state index contributed by atoms with van der Waals surface area (Å²) in [5.74, 6) is -5.71. The molecule has 1 saturated carbocycles. The molecule has 2 aromatic carbocycles. The van der Waals surface area contributed by atoms with Crippen molar-refractivity contribution >= 4 is 50.0 Å². The zero-order valence-electron chi connectivity index (χ0n) is 20.0. The van der Waals surface area contributed by atoms with Gasteiger partial charge < -0.3 is 0 Å². The van der Waals surface area contributed by atoms with Gasteiger partial charge in [0.05, 0.1) is 0 Å². The third kappa shape index (κ3) is 8.15. The number of carbonyl (C=O) groups excluding carboxylic acids is 2. The number of hydrogen-bond acceptors (Lipinski definition) is 7. The number of rotatable bonds is 12. The number of ketones is 1. The van der Waals surface area contributed by atoms with Crippen LogP contribution >= 0.6 is 0 Å². The summed E-state index contributed by atoms with van der Waals surface area (Å²) in [6, 6.07) is 13.6. The first-order valence-electron chi connectivity index (χ1n) is 11.7. The van der Waals surface area contributed by atoms with Crippen LogP contribution in [0.2, 0.25) is 0 Å². The Kier molecular flexibility index (Phi) is 10.2. The van der Waals surface area contributed by atoms with Gasteiger partial charge in [-0.05, 0) is 0 Å². The number of halogens is 4. The number of carbonyl (C=O) groups is 2. The van der Waals surface area contributed by atoms with Crippen molar-refractivity contribution in [1.82, 2.24) is 0 Å². The number of esters is 1. The van der Waals surface area contributed by atoms with Gasteiger partial charge in [-0.3, -0.25) is 0 Å². The third-order valence-corrected chi connectivity index (χ3v) is 9.76. The van der Waals surface area contributed by atoms with Gasteiger partial charge in [0.15, 0.2) is 0 Å². The Balaban J connectivity index is 1.46. The van der Waals surface area contributed by atoms with Crippen LogP contribution < -0.4 is 16.7 Å². The molecule has 3 rings (SSSR count). The second kappa shape index (κ2) is 12.8. The second-order valence-electron chi connectivity index (χ2n) is 8.78. The summed E-state index contributed by atoms with van der Waals surface area (Å²) >= 11 is -0.837. The molecule has 0 spiro atoms. The number of hydrogen-bond donors (Lipinski definition) is 0. The molecule has 2 aromatic rings. The monoisotopic (exact) mass is 675 g/mol. The molecular formula is C25H25F4O7STe-. The average molecular weight is 673 g/mol. The van der Waals surface area contributed by atoms with Crippen LogP contribution in [0.25, 0.3) is 0 Å². The van der Waals surface area contributed by atoms with E-state index in [0.29, 0.717) is 5.75 Å². The van der Waals surface area contributed by atoms with Crippen molar-refractivity contribution in [2.75, 3.05) is 6.61 Å². The molecule has 0 aromatic heterocycles. The van der Waals surface area contributed by atoms with E-state index in [-0.39, 0.29) is 24.1 Å². The summed E-state index contributed by atoms with van der Waals surface area (Å²) in [6.07, 6.45) is 2.08. The van der Waals surface area contributed by atoms with E-state index < -0.39 is 61.0 Å². The van der Waals surface area contributed by atoms with E-state index in [1.807, 2.05) is 12.1 Å². The van der Waals surface area contributed by atoms with Crippen LogP contribution in [0.5, 0.6) is 11.5 Å². The molecule has 38 heavy (non-hydrogen) atoms. The predicted molar refractivity (Wildman–Crippen MR) is 129 cm³/mol. The van der Waals surface area contributed by atoms with Gasteiger partial charge in [-0.25, -0.2) is 0 Å². The first-order chi connectivity index (χ1) is 17.8. The molecule has 0 N–H and O–H groups in total. The Labute approximate surface area is 227 Å². The molecule has 0 aliphatic heterocycles. The maximum atomic E-state index is 13.5. The van der Waals surface area contributed by atoms with Gasteiger partial charge >= 0.3 is 228 Å². The molecule has 1 fully saturated rings. The van der Waals surface area contributed by atoms with E-state index in [9.17, 15) is 40.1 Å². The van der Waals surface area contributed by atoms with E-state index in [1.54, 1.807) is 24.3 Å². The minimum absolute atomic E-state index is 0.0101. The first-order valence-corrected chi connectivity index (χ1v) is 15.5. The van der Waals surface area contributed by atoms with E-state index >= 15 is 0 Å². The van der Waals surface area contributed by atoms with Crippen LogP contribution in [0.3, 0.4) is 0 Å². The Bertz CT molecular complexity index is 1210. The van der Waals surface area contributed by atoms with Crippen molar-refractivity contribution in [2.45, 2.75) is 56.1 Å². The topological polar surface area (TPSA) is 110 Å². The fraction of sp³-hybridized carbons (Fsp3) is 0.440. The van der Waals surface area contributed by atoms with Crippen LogP contribution in [0.4, 0.5) is 17.6 Å². The number of ether oxygens (including phenoxy) is 2. The quantitative estimate of drug-likeness (QED) is 0.112. The van der Waals surface area contributed by atoms with Gasteiger partial charge in [-0.1, -0.05) is 0 Å². The summed E-state index contributed by atoms with van der Waals surface area (Å²) in [4.78, 5) is 24.1. The van der Waals surface area contributed by atoms with Crippen molar-refractivity contribution in [1.29, 1.82) is 0 Å². The summed E-state index contributed by atoms with van der Waals surface area (Å²) in [5, 5.41) is -5.84. The Morgan fingerprint density at radius 1 is 0.895 bits per heavy atom. The second-order valence-corrected chi connectivity index (χ2v) is 13.5. The molecule has 7 nitrogen and oxygen atoms in total. The van der Waals surface area contributed by atoms with Crippen molar-refractivity contribution < 1.29 is 49.6 Å². The molecule has 0 unspecified atom stereocenters. The fourth-order valence-electron chi connectivity index (χ4n) is 3.78. The Morgan fingerprint density at radius 3 is 1.95 bits per heavy atom. The SMILES string of the molecule is O=C(CCC(F)(F)C(F)(F)S(=O)(=O)[O-])Oc1ccc([Te]c2ccc(OCC(=O)C3CCCCC3)cc2)cc1. The molecule has 0 atom stereocenters. The number of Topliss-reactive ketones (excluding diaryl/α,β-unsaturated/α-hetero) is 1. The van der Waals surface area contributed by atoms with Crippen LogP contribution in [-0.4, -0.2) is 63.4 Å². The van der Waals surface area contributed by atoms with E-state index in [1.165, 1.54) is 18.6 Å². The predicted octanol–water partition coefficient (Wildman–Crippen LogP) is 3.33. The van der Waals surface area contributed by atoms with Crippen LogP contribution in [0.1, 0.15) is 44.9 Å². The van der Waals surface area contributed by atoms with Gasteiger partial charge in [-0.15, -0.1) is 0 Å². The summed E-state index contributed by atoms with van der Waals surface area (Å²) in [6.45, 7) is 0.0543. The zero-order valence-corrected chi connectivity index (χ0v) is 23.2. The molecule has 0 radical (unpaired) electrons. The molecule has 1 aliphatic rings. The summed E-state index contributed by atoms with van der Waals surface area (Å²) < 4.78 is 97.0. The number of benzene rings is 2. The molecule has 208 valence electrons. The van der Waals surface area contributed by atoms with Gasteiger partial charge in [0.2, 0.25) is 0 Å². The molecule has 0 bridgehead atoms. The third-order valence-electron chi connectivity index (χ3n) is 5.94. The summed E-state index contributed by atoms with van der Waals surface area (Å²) in [5.41, 5.74) is 0. The van der Waals surface area contributed by atoms with Crippen LogP contribution in [0, 0.1) is 5.92 Å². The van der Waals surface area contributed by atoms with E-state index in [0.717, 1.165) is 32.9 Å². The first kappa shape index (κ1) is 30.3. The van der Waals surface area contributed by atoms with E-state index in [2.05, 4.69) is 0 Å². The normalized spacial score (nSPS) is 15.2. The van der Waals surface area contributed by atoms with Crippen molar-refractivity contribution in [2.24, 2.45) is 5.92 Å². The molecule has 1 aliphatic carbocycles. The molecular weight excluding hydrogens is 648 g/mol. The average Bonchev–Trinajstić information content (AvgIpc) is 2.88. The van der Waals surface area contributed by atoms with E-state index in [4.69, 9.17) is 9.47 Å². The molecule has 13 heteroatoms. The number of alkyl halides is 4. The minimum atomic E-state index is -6.61.